The second-order valence-electron chi connectivity index (χ2n) is 7.03. The molecule has 0 bridgehead atoms. The monoisotopic (exact) mass is 346 g/mol. The zero-order valence-corrected chi connectivity index (χ0v) is 14.7. The van der Waals surface area contributed by atoms with Crippen molar-refractivity contribution in [2.45, 2.75) is 12.8 Å². The fourth-order valence-corrected chi connectivity index (χ4v) is 3.70. The molecule has 2 amide bonds. The van der Waals surface area contributed by atoms with E-state index >= 15 is 0 Å². The van der Waals surface area contributed by atoms with Crippen molar-refractivity contribution >= 4 is 11.8 Å². The van der Waals surface area contributed by atoms with Crippen molar-refractivity contribution in [1.29, 1.82) is 0 Å². The molecular formula is C22H22N2O2. The summed E-state index contributed by atoms with van der Waals surface area (Å²) in [7, 11) is 0. The maximum absolute atomic E-state index is 12.5. The Kier molecular flexibility index (Phi) is 4.57. The molecule has 2 aliphatic rings. The normalized spacial score (nSPS) is 16.2. The summed E-state index contributed by atoms with van der Waals surface area (Å²) in [5, 5.41) is 0. The number of hydrogen-bond acceptors (Lipinski definition) is 2. The summed E-state index contributed by atoms with van der Waals surface area (Å²) in [6.07, 6.45) is 0.885. The Morgan fingerprint density at radius 3 is 1.31 bits per heavy atom. The van der Waals surface area contributed by atoms with Crippen LogP contribution >= 0.6 is 0 Å². The van der Waals surface area contributed by atoms with Gasteiger partial charge in [0.15, 0.2) is 0 Å². The number of hydrogen-bond donors (Lipinski definition) is 0. The van der Waals surface area contributed by atoms with Crippen molar-refractivity contribution in [3.63, 3.8) is 0 Å². The van der Waals surface area contributed by atoms with Crippen molar-refractivity contribution in [2.75, 3.05) is 26.2 Å². The second-order valence-corrected chi connectivity index (χ2v) is 7.03. The van der Waals surface area contributed by atoms with Crippen molar-refractivity contribution < 1.29 is 9.59 Å². The molecule has 2 heterocycles. The molecule has 132 valence electrons. The molecule has 4 nitrogen and oxygen atoms in total. The minimum Gasteiger partial charge on any atom is -0.334 e. The van der Waals surface area contributed by atoms with Crippen LogP contribution in [0.15, 0.2) is 71.8 Å². The van der Waals surface area contributed by atoms with E-state index < -0.39 is 0 Å². The number of carbonyl (C=O) groups excluding carboxylic acids is 2. The van der Waals surface area contributed by atoms with Crippen LogP contribution < -0.4 is 0 Å². The van der Waals surface area contributed by atoms with E-state index in [9.17, 15) is 9.59 Å². The zero-order valence-electron chi connectivity index (χ0n) is 14.7. The topological polar surface area (TPSA) is 40.6 Å². The van der Waals surface area contributed by atoms with E-state index in [1.54, 1.807) is 0 Å². The molecular weight excluding hydrogens is 324 g/mol. The van der Waals surface area contributed by atoms with Gasteiger partial charge >= 0.3 is 0 Å². The number of rotatable bonds is 4. The third-order valence-corrected chi connectivity index (χ3v) is 5.13. The van der Waals surface area contributed by atoms with Gasteiger partial charge in [-0.3, -0.25) is 9.59 Å². The lowest BCUT2D eigenvalue weighted by Gasteiger charge is -2.23. The molecule has 4 heteroatoms. The van der Waals surface area contributed by atoms with Gasteiger partial charge in [0.05, 0.1) is 12.8 Å². The standard InChI is InChI=1S/C22H22N2O2/c25-21(11-17-7-3-1-4-8-17)23-13-19-15-24(16-20(19)14-23)22(26)12-18-9-5-2-6-10-18/h1-10H,11-16H2. The Labute approximate surface area is 153 Å². The first kappa shape index (κ1) is 16.6. The summed E-state index contributed by atoms with van der Waals surface area (Å²) in [4.78, 5) is 28.9. The minimum absolute atomic E-state index is 0.160. The van der Waals surface area contributed by atoms with Crippen molar-refractivity contribution in [1.82, 2.24) is 9.80 Å². The van der Waals surface area contributed by atoms with E-state index in [0.29, 0.717) is 39.0 Å². The number of benzene rings is 2. The average molecular weight is 346 g/mol. The fourth-order valence-electron chi connectivity index (χ4n) is 3.70. The van der Waals surface area contributed by atoms with Gasteiger partial charge in [-0.2, -0.15) is 0 Å². The molecule has 0 N–H and O–H groups in total. The lowest BCUT2D eigenvalue weighted by molar-refractivity contribution is -0.129. The molecule has 0 aromatic heterocycles. The second kappa shape index (κ2) is 7.16. The van der Waals surface area contributed by atoms with Gasteiger partial charge in [0, 0.05) is 26.2 Å². The summed E-state index contributed by atoms with van der Waals surface area (Å²) in [6.45, 7) is 2.65. The molecule has 0 radical (unpaired) electrons. The van der Waals surface area contributed by atoms with E-state index in [2.05, 4.69) is 0 Å². The van der Waals surface area contributed by atoms with Crippen LogP contribution in [-0.4, -0.2) is 47.8 Å². The highest BCUT2D eigenvalue weighted by molar-refractivity contribution is 5.82. The van der Waals surface area contributed by atoms with Crippen LogP contribution in [0.1, 0.15) is 11.1 Å². The molecule has 2 aromatic carbocycles. The third kappa shape index (κ3) is 3.54. The molecule has 4 rings (SSSR count). The molecule has 0 unspecified atom stereocenters. The molecule has 2 aliphatic heterocycles. The quantitative estimate of drug-likeness (QED) is 0.798. The Bertz CT molecular complexity index is 755. The lowest BCUT2D eigenvalue weighted by atomic mass is 10.1. The first-order valence-electron chi connectivity index (χ1n) is 9.02. The molecule has 0 spiro atoms. The SMILES string of the molecule is O=C(Cc1ccccc1)N1CC2=C(C1)CN(C(=O)Cc1ccccc1)C2. The van der Waals surface area contributed by atoms with Crippen LogP contribution in [0, 0.1) is 0 Å². The zero-order chi connectivity index (χ0) is 17.9. The summed E-state index contributed by atoms with van der Waals surface area (Å²) in [5.41, 5.74) is 4.58. The van der Waals surface area contributed by atoms with Gasteiger partial charge in [-0.25, -0.2) is 0 Å². The van der Waals surface area contributed by atoms with E-state index in [0.717, 1.165) is 11.1 Å². The summed E-state index contributed by atoms with van der Waals surface area (Å²) < 4.78 is 0. The van der Waals surface area contributed by atoms with Gasteiger partial charge in [0.25, 0.3) is 0 Å². The number of nitrogens with zero attached hydrogens (tertiary/aromatic N) is 2. The summed E-state index contributed by atoms with van der Waals surface area (Å²) in [6, 6.07) is 19.7. The maximum atomic E-state index is 12.5. The van der Waals surface area contributed by atoms with Gasteiger partial charge in [-0.05, 0) is 22.3 Å². The number of amides is 2. The molecule has 0 atom stereocenters. The average Bonchev–Trinajstić information content (AvgIpc) is 3.23. The Morgan fingerprint density at radius 1 is 0.615 bits per heavy atom. The van der Waals surface area contributed by atoms with Crippen molar-refractivity contribution in [3.8, 4) is 0 Å². The van der Waals surface area contributed by atoms with E-state index in [1.807, 2.05) is 70.5 Å². The van der Waals surface area contributed by atoms with E-state index in [4.69, 9.17) is 0 Å². The Morgan fingerprint density at radius 2 is 0.962 bits per heavy atom. The van der Waals surface area contributed by atoms with Crippen LogP contribution in [0.4, 0.5) is 0 Å². The van der Waals surface area contributed by atoms with Crippen LogP contribution in [-0.2, 0) is 22.4 Å². The first-order chi connectivity index (χ1) is 12.7. The van der Waals surface area contributed by atoms with Crippen molar-refractivity contribution in [2.24, 2.45) is 0 Å². The molecule has 0 fully saturated rings. The largest absolute Gasteiger partial charge is 0.334 e. The highest BCUT2D eigenvalue weighted by Gasteiger charge is 2.33. The first-order valence-corrected chi connectivity index (χ1v) is 9.02. The highest BCUT2D eigenvalue weighted by Crippen LogP contribution is 2.26. The Hall–Kier alpha value is -2.88. The lowest BCUT2D eigenvalue weighted by Crippen LogP contribution is -2.37. The summed E-state index contributed by atoms with van der Waals surface area (Å²) >= 11 is 0. The van der Waals surface area contributed by atoms with Crippen LogP contribution in [0.5, 0.6) is 0 Å². The predicted molar refractivity (Wildman–Crippen MR) is 100 cm³/mol. The van der Waals surface area contributed by atoms with E-state index in [-0.39, 0.29) is 11.8 Å². The molecule has 0 aliphatic carbocycles. The van der Waals surface area contributed by atoms with E-state index in [1.165, 1.54) is 11.1 Å². The Balaban J connectivity index is 1.30. The van der Waals surface area contributed by atoms with Crippen LogP contribution in [0.2, 0.25) is 0 Å². The molecule has 0 saturated heterocycles. The summed E-state index contributed by atoms with van der Waals surface area (Å²) in [5.74, 6) is 0.320. The van der Waals surface area contributed by atoms with Crippen molar-refractivity contribution in [3.05, 3.63) is 82.9 Å². The van der Waals surface area contributed by atoms with Gasteiger partial charge in [0.1, 0.15) is 0 Å². The van der Waals surface area contributed by atoms with Gasteiger partial charge in [0.2, 0.25) is 11.8 Å². The van der Waals surface area contributed by atoms with Crippen LogP contribution in [0.3, 0.4) is 0 Å². The van der Waals surface area contributed by atoms with Crippen LogP contribution in [0.25, 0.3) is 0 Å². The number of carbonyl (C=O) groups is 2. The highest BCUT2D eigenvalue weighted by atomic mass is 16.2. The fraction of sp³-hybridized carbons (Fsp3) is 0.273. The predicted octanol–water partition coefficient (Wildman–Crippen LogP) is 2.45. The van der Waals surface area contributed by atoms with Gasteiger partial charge in [-0.15, -0.1) is 0 Å². The third-order valence-electron chi connectivity index (χ3n) is 5.13. The molecule has 2 aromatic rings. The minimum atomic E-state index is 0.160. The van der Waals surface area contributed by atoms with Gasteiger partial charge < -0.3 is 9.80 Å². The molecule has 0 saturated carbocycles. The maximum Gasteiger partial charge on any atom is 0.227 e. The van der Waals surface area contributed by atoms with Gasteiger partial charge in [-0.1, -0.05) is 60.7 Å². The molecule has 26 heavy (non-hydrogen) atoms. The smallest absolute Gasteiger partial charge is 0.227 e.